The van der Waals surface area contributed by atoms with E-state index >= 15 is 0 Å². The van der Waals surface area contributed by atoms with Crippen LogP contribution in [-0.2, 0) is 0 Å². The molecular formula is C6H7N5. The van der Waals surface area contributed by atoms with Crippen LogP contribution >= 0.6 is 0 Å². The molecule has 0 aromatic heterocycles. The minimum atomic E-state index is -1.64. The molecule has 0 unspecified atom stereocenters. The highest BCUT2D eigenvalue weighted by Gasteiger charge is 2.30. The molecule has 0 radical (unpaired) electrons. The van der Waals surface area contributed by atoms with Crippen LogP contribution in [0.1, 0.15) is 0 Å². The molecule has 0 saturated carbocycles. The van der Waals surface area contributed by atoms with Crippen molar-refractivity contribution in [1.29, 1.82) is 15.8 Å². The largest absolute Gasteiger partial charge is 0.269 e. The first kappa shape index (κ1) is 9.39. The molecule has 0 aliphatic rings. The van der Waals surface area contributed by atoms with Crippen molar-refractivity contribution in [3.63, 3.8) is 0 Å². The summed E-state index contributed by atoms with van der Waals surface area (Å²) in [7, 11) is 1.49. The number of hydrazine groups is 1. The van der Waals surface area contributed by atoms with E-state index in [0.717, 1.165) is 5.01 Å². The summed E-state index contributed by atoms with van der Waals surface area (Å²) in [4.78, 5) is 0. The molecule has 56 valence electrons. The molecule has 0 spiro atoms. The first-order valence-corrected chi connectivity index (χ1v) is 2.80. The fourth-order valence-electron chi connectivity index (χ4n) is 0.555. The maximum atomic E-state index is 8.45. The van der Waals surface area contributed by atoms with Crippen LogP contribution in [0.25, 0.3) is 0 Å². The summed E-state index contributed by atoms with van der Waals surface area (Å²) in [6.45, 7) is -0.0729. The van der Waals surface area contributed by atoms with Gasteiger partial charge in [-0.3, -0.25) is 5.84 Å². The summed E-state index contributed by atoms with van der Waals surface area (Å²) >= 11 is 0. The lowest BCUT2D eigenvalue weighted by atomic mass is 9.94. The number of nitriles is 3. The number of nitrogens with zero attached hydrogens (tertiary/aromatic N) is 4. The van der Waals surface area contributed by atoms with Crippen molar-refractivity contribution in [3.8, 4) is 18.2 Å². The first-order valence-electron chi connectivity index (χ1n) is 2.80. The van der Waals surface area contributed by atoms with E-state index in [1.807, 2.05) is 0 Å². The van der Waals surface area contributed by atoms with E-state index in [1.54, 1.807) is 18.2 Å². The van der Waals surface area contributed by atoms with Crippen molar-refractivity contribution in [2.75, 3.05) is 13.6 Å². The molecule has 0 saturated heterocycles. The van der Waals surface area contributed by atoms with E-state index < -0.39 is 5.41 Å². The predicted molar refractivity (Wildman–Crippen MR) is 36.1 cm³/mol. The van der Waals surface area contributed by atoms with Gasteiger partial charge in [-0.15, -0.1) is 0 Å². The summed E-state index contributed by atoms with van der Waals surface area (Å²) in [6.07, 6.45) is 0. The second kappa shape index (κ2) is 3.53. The molecule has 5 nitrogen and oxygen atoms in total. The number of nitrogens with two attached hydrogens (primary N) is 1. The fraction of sp³-hybridized carbons (Fsp3) is 0.500. The van der Waals surface area contributed by atoms with Crippen molar-refractivity contribution in [2.24, 2.45) is 11.3 Å². The molecule has 0 heterocycles. The lowest BCUT2D eigenvalue weighted by Crippen LogP contribution is -2.37. The number of rotatable bonds is 2. The smallest absolute Gasteiger partial charge is 0.242 e. The van der Waals surface area contributed by atoms with Gasteiger partial charge in [0, 0.05) is 7.05 Å². The van der Waals surface area contributed by atoms with E-state index in [2.05, 4.69) is 0 Å². The molecule has 2 N–H and O–H groups in total. The monoisotopic (exact) mass is 149 g/mol. The van der Waals surface area contributed by atoms with Gasteiger partial charge in [-0.05, 0) is 0 Å². The minimum absolute atomic E-state index is 0.0729. The Morgan fingerprint density at radius 1 is 1.27 bits per heavy atom. The Morgan fingerprint density at radius 3 is 1.73 bits per heavy atom. The number of hydrogen-bond donors (Lipinski definition) is 1. The Morgan fingerprint density at radius 2 is 1.64 bits per heavy atom. The molecule has 0 atom stereocenters. The Kier molecular flexibility index (Phi) is 3.01. The third kappa shape index (κ3) is 2.23. The highest BCUT2D eigenvalue weighted by atomic mass is 15.4. The lowest BCUT2D eigenvalue weighted by molar-refractivity contribution is 0.308. The summed E-state index contributed by atoms with van der Waals surface area (Å²) in [5.41, 5.74) is -1.64. The summed E-state index contributed by atoms with van der Waals surface area (Å²) in [6, 6.07) is 4.81. The number of hydrogen-bond acceptors (Lipinski definition) is 5. The van der Waals surface area contributed by atoms with Crippen molar-refractivity contribution in [3.05, 3.63) is 0 Å². The van der Waals surface area contributed by atoms with E-state index in [0.29, 0.717) is 0 Å². The summed E-state index contributed by atoms with van der Waals surface area (Å²) < 4.78 is 0. The van der Waals surface area contributed by atoms with Gasteiger partial charge in [0.15, 0.2) is 0 Å². The third-order valence-electron chi connectivity index (χ3n) is 1.06. The molecule has 0 aromatic rings. The van der Waals surface area contributed by atoms with Crippen molar-refractivity contribution in [1.82, 2.24) is 5.01 Å². The standard InChI is InChI=1S/C6H7N5/c1-11(10)5-6(2-7,3-8)4-9/h5,10H2,1H3. The Bertz CT molecular complexity index is 212. The SMILES string of the molecule is CN(N)CC(C#N)(C#N)C#N. The molecule has 5 heteroatoms. The van der Waals surface area contributed by atoms with Crippen LogP contribution in [0.5, 0.6) is 0 Å². The normalized spacial score (nSPS) is 9.82. The van der Waals surface area contributed by atoms with E-state index in [-0.39, 0.29) is 6.54 Å². The lowest BCUT2D eigenvalue weighted by Gasteiger charge is -2.14. The van der Waals surface area contributed by atoms with Gasteiger partial charge in [0.1, 0.15) is 18.2 Å². The van der Waals surface area contributed by atoms with Crippen LogP contribution in [0.15, 0.2) is 0 Å². The molecule has 0 amide bonds. The van der Waals surface area contributed by atoms with Crippen molar-refractivity contribution >= 4 is 0 Å². The second-order valence-electron chi connectivity index (χ2n) is 2.16. The molecule has 0 bridgehead atoms. The minimum Gasteiger partial charge on any atom is -0.269 e. The van der Waals surface area contributed by atoms with E-state index in [4.69, 9.17) is 21.6 Å². The van der Waals surface area contributed by atoms with E-state index in [1.165, 1.54) is 7.05 Å². The maximum absolute atomic E-state index is 8.45. The van der Waals surface area contributed by atoms with Gasteiger partial charge in [0.25, 0.3) is 0 Å². The summed E-state index contributed by atoms with van der Waals surface area (Å²) in [5.74, 6) is 5.19. The highest BCUT2D eigenvalue weighted by Crippen LogP contribution is 2.12. The molecule has 0 fully saturated rings. The van der Waals surface area contributed by atoms with Crippen LogP contribution in [0.2, 0.25) is 0 Å². The van der Waals surface area contributed by atoms with Crippen LogP contribution < -0.4 is 5.84 Å². The van der Waals surface area contributed by atoms with Gasteiger partial charge >= 0.3 is 0 Å². The Labute approximate surface area is 64.8 Å². The molecule has 11 heavy (non-hydrogen) atoms. The zero-order valence-corrected chi connectivity index (χ0v) is 6.07. The molecule has 0 rings (SSSR count). The average molecular weight is 149 g/mol. The second-order valence-corrected chi connectivity index (χ2v) is 2.16. The van der Waals surface area contributed by atoms with Gasteiger partial charge < -0.3 is 0 Å². The summed E-state index contributed by atoms with van der Waals surface area (Å²) in [5, 5.41) is 26.5. The van der Waals surface area contributed by atoms with Crippen LogP contribution in [0.4, 0.5) is 0 Å². The average Bonchev–Trinajstić information content (AvgIpc) is 2.00. The van der Waals surface area contributed by atoms with Crippen molar-refractivity contribution in [2.45, 2.75) is 0 Å². The van der Waals surface area contributed by atoms with E-state index in [9.17, 15) is 0 Å². The van der Waals surface area contributed by atoms with Crippen molar-refractivity contribution < 1.29 is 0 Å². The van der Waals surface area contributed by atoms with Gasteiger partial charge in [0.2, 0.25) is 5.41 Å². The Hall–Kier alpha value is -1.61. The molecule has 0 aromatic carbocycles. The first-order chi connectivity index (χ1) is 5.10. The molecule has 0 aliphatic heterocycles. The molecular weight excluding hydrogens is 142 g/mol. The van der Waals surface area contributed by atoms with Gasteiger partial charge in [0.05, 0.1) is 6.54 Å². The van der Waals surface area contributed by atoms with Crippen LogP contribution in [0.3, 0.4) is 0 Å². The molecule has 0 aliphatic carbocycles. The van der Waals surface area contributed by atoms with Gasteiger partial charge in [-0.2, -0.15) is 15.8 Å². The van der Waals surface area contributed by atoms with Gasteiger partial charge in [-0.25, -0.2) is 5.01 Å². The predicted octanol–water partition coefficient (Wildman–Crippen LogP) is -0.651. The fourth-order valence-corrected chi connectivity index (χ4v) is 0.555. The van der Waals surface area contributed by atoms with Crippen LogP contribution in [-0.4, -0.2) is 18.6 Å². The zero-order chi connectivity index (χ0) is 8.91. The highest BCUT2D eigenvalue weighted by molar-refractivity contribution is 5.26. The quantitative estimate of drug-likeness (QED) is 0.415. The third-order valence-corrected chi connectivity index (χ3v) is 1.06. The maximum Gasteiger partial charge on any atom is 0.242 e. The topological polar surface area (TPSA) is 101 Å². The Balaban J connectivity index is 4.54. The van der Waals surface area contributed by atoms with Gasteiger partial charge in [-0.1, -0.05) is 0 Å². The zero-order valence-electron chi connectivity index (χ0n) is 6.07. The van der Waals surface area contributed by atoms with Crippen LogP contribution in [0, 0.1) is 39.4 Å².